The van der Waals surface area contributed by atoms with Crippen LogP contribution in [0.1, 0.15) is 54.5 Å². The van der Waals surface area contributed by atoms with Crippen molar-refractivity contribution < 1.29 is 9.53 Å². The number of hydrogen-bond acceptors (Lipinski definition) is 4. The molecule has 2 atom stereocenters. The second-order valence-corrected chi connectivity index (χ2v) is 8.72. The average Bonchev–Trinajstić information content (AvgIpc) is 3.10. The largest absolute Gasteiger partial charge is 0.378 e. The first kappa shape index (κ1) is 16.3. The lowest BCUT2D eigenvalue weighted by molar-refractivity contribution is 0.0370. The highest BCUT2D eigenvalue weighted by molar-refractivity contribution is 7.11. The van der Waals surface area contributed by atoms with E-state index in [1.165, 1.54) is 30.6 Å². The topological polar surface area (TPSA) is 54.5 Å². The molecule has 1 aromatic rings. The minimum absolute atomic E-state index is 0.0885. The molecule has 3 fully saturated rings. The number of amides is 2. The zero-order valence-electron chi connectivity index (χ0n) is 14.4. The Morgan fingerprint density at radius 2 is 2.12 bits per heavy atom. The van der Waals surface area contributed by atoms with Gasteiger partial charge in [-0.05, 0) is 57.3 Å². The van der Waals surface area contributed by atoms with E-state index in [1.54, 1.807) is 11.3 Å². The summed E-state index contributed by atoms with van der Waals surface area (Å²) in [6.45, 7) is 4.69. The number of nitrogens with zero attached hydrogens (tertiary/aromatic N) is 2. The first-order chi connectivity index (χ1) is 11.7. The van der Waals surface area contributed by atoms with E-state index in [0.717, 1.165) is 37.5 Å². The van der Waals surface area contributed by atoms with Gasteiger partial charge in [-0.3, -0.25) is 0 Å². The molecule has 0 aromatic carbocycles. The van der Waals surface area contributed by atoms with E-state index in [9.17, 15) is 4.79 Å². The molecular weight excluding hydrogens is 322 g/mol. The van der Waals surface area contributed by atoms with Crippen LogP contribution in [-0.2, 0) is 4.74 Å². The molecule has 1 aromatic heterocycles. The Morgan fingerprint density at radius 1 is 1.33 bits per heavy atom. The van der Waals surface area contributed by atoms with Crippen molar-refractivity contribution in [2.45, 2.75) is 57.6 Å². The standard InChI is InChI=1S/C18H27N3O2S/c1-12-11-19-17(24-12)16(14-4-5-14)20-18(22)21-8-6-13(7-9-21)15-3-2-10-23-15/h11,13-16H,2-10H2,1H3,(H,20,22)/t15-,16-/m1/s1. The Balaban J connectivity index is 1.32. The van der Waals surface area contributed by atoms with Gasteiger partial charge in [0.05, 0.1) is 12.1 Å². The van der Waals surface area contributed by atoms with E-state index in [-0.39, 0.29) is 12.1 Å². The lowest BCUT2D eigenvalue weighted by Gasteiger charge is -2.35. The van der Waals surface area contributed by atoms with Gasteiger partial charge in [-0.15, -0.1) is 11.3 Å². The molecule has 5 nitrogen and oxygen atoms in total. The van der Waals surface area contributed by atoms with Crippen LogP contribution in [0, 0.1) is 18.8 Å². The van der Waals surface area contributed by atoms with Crippen molar-refractivity contribution in [2.75, 3.05) is 19.7 Å². The molecule has 1 N–H and O–H groups in total. The first-order valence-electron chi connectivity index (χ1n) is 9.30. The van der Waals surface area contributed by atoms with Gasteiger partial charge in [0.1, 0.15) is 5.01 Å². The Bertz CT molecular complexity index is 573. The molecule has 0 unspecified atom stereocenters. The van der Waals surface area contributed by atoms with Crippen molar-refractivity contribution in [2.24, 2.45) is 11.8 Å². The van der Waals surface area contributed by atoms with Crippen LogP contribution in [0.5, 0.6) is 0 Å². The predicted molar refractivity (Wildman–Crippen MR) is 94.1 cm³/mol. The Hall–Kier alpha value is -1.14. The number of carbonyl (C=O) groups is 1. The predicted octanol–water partition coefficient (Wildman–Crippen LogP) is 3.50. The summed E-state index contributed by atoms with van der Waals surface area (Å²) in [6, 6.07) is 0.192. The third-order valence-corrected chi connectivity index (χ3v) is 6.59. The molecule has 2 saturated heterocycles. The van der Waals surface area contributed by atoms with Crippen LogP contribution in [0.2, 0.25) is 0 Å². The summed E-state index contributed by atoms with van der Waals surface area (Å²) < 4.78 is 5.83. The van der Waals surface area contributed by atoms with Crippen molar-refractivity contribution in [1.29, 1.82) is 0 Å². The zero-order valence-corrected chi connectivity index (χ0v) is 15.2. The Kier molecular flexibility index (Phi) is 4.77. The molecule has 0 radical (unpaired) electrons. The van der Waals surface area contributed by atoms with Crippen molar-refractivity contribution in [1.82, 2.24) is 15.2 Å². The molecule has 0 bridgehead atoms. The minimum Gasteiger partial charge on any atom is -0.378 e. The maximum Gasteiger partial charge on any atom is 0.317 e. The third-order valence-electron chi connectivity index (χ3n) is 5.60. The normalized spacial score (nSPS) is 26.5. The molecule has 4 rings (SSSR count). The fraction of sp³-hybridized carbons (Fsp3) is 0.778. The van der Waals surface area contributed by atoms with E-state index >= 15 is 0 Å². The van der Waals surface area contributed by atoms with Crippen molar-refractivity contribution >= 4 is 17.4 Å². The molecule has 1 saturated carbocycles. The number of aromatic nitrogens is 1. The zero-order chi connectivity index (χ0) is 16.5. The molecule has 24 heavy (non-hydrogen) atoms. The van der Waals surface area contributed by atoms with Gasteiger partial charge in [-0.2, -0.15) is 0 Å². The van der Waals surface area contributed by atoms with Crippen LogP contribution in [-0.4, -0.2) is 41.7 Å². The van der Waals surface area contributed by atoms with Crippen LogP contribution < -0.4 is 5.32 Å². The number of nitrogens with one attached hydrogen (secondary N) is 1. The molecule has 1 aliphatic carbocycles. The molecular formula is C18H27N3O2S. The van der Waals surface area contributed by atoms with Gasteiger partial charge >= 0.3 is 6.03 Å². The van der Waals surface area contributed by atoms with Crippen molar-refractivity contribution in [3.8, 4) is 0 Å². The lowest BCUT2D eigenvalue weighted by Crippen LogP contribution is -2.47. The van der Waals surface area contributed by atoms with E-state index in [1.807, 2.05) is 11.1 Å². The molecule has 132 valence electrons. The fourth-order valence-corrected chi connectivity index (χ4v) is 4.92. The quantitative estimate of drug-likeness (QED) is 0.905. The summed E-state index contributed by atoms with van der Waals surface area (Å²) in [6.07, 6.45) is 9.29. The monoisotopic (exact) mass is 349 g/mol. The minimum atomic E-state index is 0.0885. The SMILES string of the molecule is Cc1cnc([C@H](NC(=O)N2CCC([C@H]3CCCO3)CC2)C2CC2)s1. The number of likely N-dealkylation sites (tertiary alicyclic amines) is 1. The van der Waals surface area contributed by atoms with E-state index in [0.29, 0.717) is 17.9 Å². The second kappa shape index (κ2) is 7.00. The van der Waals surface area contributed by atoms with Gasteiger partial charge < -0.3 is 15.0 Å². The summed E-state index contributed by atoms with van der Waals surface area (Å²) in [7, 11) is 0. The number of rotatable bonds is 4. The van der Waals surface area contributed by atoms with Gasteiger partial charge in [0.25, 0.3) is 0 Å². The molecule has 3 heterocycles. The maximum absolute atomic E-state index is 12.7. The van der Waals surface area contributed by atoms with E-state index in [2.05, 4.69) is 17.2 Å². The molecule has 6 heteroatoms. The number of ether oxygens (including phenoxy) is 1. The number of aryl methyl sites for hydroxylation is 1. The van der Waals surface area contributed by atoms with Crippen LogP contribution in [0.15, 0.2) is 6.20 Å². The number of piperidine rings is 1. The summed E-state index contributed by atoms with van der Waals surface area (Å²) in [4.78, 5) is 20.4. The lowest BCUT2D eigenvalue weighted by atomic mass is 9.90. The third kappa shape index (κ3) is 3.59. The van der Waals surface area contributed by atoms with Crippen molar-refractivity contribution in [3.05, 3.63) is 16.1 Å². The van der Waals surface area contributed by atoms with Crippen LogP contribution in [0.4, 0.5) is 4.79 Å². The van der Waals surface area contributed by atoms with Crippen LogP contribution in [0.3, 0.4) is 0 Å². The average molecular weight is 350 g/mol. The van der Waals surface area contributed by atoms with Gasteiger partial charge in [-0.25, -0.2) is 9.78 Å². The highest BCUT2D eigenvalue weighted by Gasteiger charge is 2.37. The fourth-order valence-electron chi connectivity index (χ4n) is 4.00. The number of thiazole rings is 1. The smallest absolute Gasteiger partial charge is 0.317 e. The summed E-state index contributed by atoms with van der Waals surface area (Å²) in [5.74, 6) is 1.21. The molecule has 2 amide bonds. The summed E-state index contributed by atoms with van der Waals surface area (Å²) in [5, 5.41) is 4.33. The van der Waals surface area contributed by atoms with Crippen LogP contribution in [0.25, 0.3) is 0 Å². The number of urea groups is 1. The van der Waals surface area contributed by atoms with Gasteiger partial charge in [0.2, 0.25) is 0 Å². The number of hydrogen-bond donors (Lipinski definition) is 1. The summed E-state index contributed by atoms with van der Waals surface area (Å²) >= 11 is 1.71. The van der Waals surface area contributed by atoms with Crippen LogP contribution >= 0.6 is 11.3 Å². The summed E-state index contributed by atoms with van der Waals surface area (Å²) in [5.41, 5.74) is 0. The Labute approximate surface area is 147 Å². The maximum atomic E-state index is 12.7. The van der Waals surface area contributed by atoms with Crippen molar-refractivity contribution in [3.63, 3.8) is 0 Å². The van der Waals surface area contributed by atoms with Gasteiger partial charge in [0.15, 0.2) is 0 Å². The second-order valence-electron chi connectivity index (χ2n) is 7.45. The van der Waals surface area contributed by atoms with Gasteiger partial charge in [-0.1, -0.05) is 0 Å². The van der Waals surface area contributed by atoms with E-state index in [4.69, 9.17) is 4.74 Å². The van der Waals surface area contributed by atoms with E-state index < -0.39 is 0 Å². The number of carbonyl (C=O) groups excluding carboxylic acids is 1. The highest BCUT2D eigenvalue weighted by atomic mass is 32.1. The Morgan fingerprint density at radius 3 is 2.71 bits per heavy atom. The first-order valence-corrected chi connectivity index (χ1v) is 10.1. The van der Waals surface area contributed by atoms with Gasteiger partial charge in [0, 0.05) is 30.8 Å². The molecule has 3 aliphatic rings. The molecule has 2 aliphatic heterocycles. The highest BCUT2D eigenvalue weighted by Crippen LogP contribution is 2.42. The molecule has 0 spiro atoms.